The fourth-order valence-corrected chi connectivity index (χ4v) is 11.4. The minimum absolute atomic E-state index is 0.0409. The lowest BCUT2D eigenvalue weighted by atomic mass is 9.59. The van der Waals surface area contributed by atoms with Crippen molar-refractivity contribution in [3.8, 4) is 11.1 Å². The van der Waals surface area contributed by atoms with Gasteiger partial charge in [0.25, 0.3) is 11.8 Å². The van der Waals surface area contributed by atoms with Crippen LogP contribution in [0, 0.1) is 30.1 Å². The summed E-state index contributed by atoms with van der Waals surface area (Å²) >= 11 is 2.70. The zero-order chi connectivity index (χ0) is 39.0. The molecule has 0 spiro atoms. The van der Waals surface area contributed by atoms with Crippen LogP contribution in [0.4, 0.5) is 10.9 Å². The number of benzene rings is 1. The summed E-state index contributed by atoms with van der Waals surface area (Å²) in [6.45, 7) is 8.90. The predicted molar refractivity (Wildman–Crippen MR) is 223 cm³/mol. The molecule has 2 saturated carbocycles. The van der Waals surface area contributed by atoms with Crippen molar-refractivity contribution in [2.45, 2.75) is 98.1 Å². The van der Waals surface area contributed by atoms with Crippen molar-refractivity contribution in [1.29, 1.82) is 0 Å². The molecule has 3 aromatic heterocycles. The molecule has 3 aliphatic carbocycles. The molecule has 2 fully saturated rings. The first-order valence-electron chi connectivity index (χ1n) is 20.0. The molecule has 2 atom stereocenters. The Morgan fingerprint density at radius 1 is 1.02 bits per heavy atom. The smallest absolute Gasteiger partial charge is 0.303 e. The largest absolute Gasteiger partial charge is 0.481 e. The molecule has 1 aliphatic heterocycles. The van der Waals surface area contributed by atoms with Crippen molar-refractivity contribution in [3.63, 3.8) is 0 Å². The Hall–Kier alpha value is -4.49. The number of aromatic nitrogens is 4. The van der Waals surface area contributed by atoms with Crippen LogP contribution in [-0.2, 0) is 24.3 Å². The van der Waals surface area contributed by atoms with Gasteiger partial charge in [-0.15, -0.1) is 0 Å². The third-order valence-electron chi connectivity index (χ3n) is 12.1. The number of carbonyl (C=O) groups is 3. The van der Waals surface area contributed by atoms with Crippen molar-refractivity contribution in [2.75, 3.05) is 22.5 Å². The van der Waals surface area contributed by atoms with Crippen molar-refractivity contribution in [3.05, 3.63) is 74.5 Å². The summed E-state index contributed by atoms with van der Waals surface area (Å²) in [5.41, 5.74) is 5.72. The molecule has 294 valence electrons. The highest BCUT2D eigenvalue weighted by atomic mass is 32.2. The number of pyridine rings is 1. The first-order chi connectivity index (χ1) is 27.0. The van der Waals surface area contributed by atoms with Gasteiger partial charge in [-0.1, -0.05) is 61.4 Å². The maximum absolute atomic E-state index is 14.0. The van der Waals surface area contributed by atoms with Crippen molar-refractivity contribution < 1.29 is 19.5 Å². The molecule has 2 unspecified atom stereocenters. The molecule has 2 bridgehead atoms. The van der Waals surface area contributed by atoms with Crippen LogP contribution in [-0.4, -0.2) is 54.9 Å². The fourth-order valence-electron chi connectivity index (χ4n) is 9.82. The predicted octanol–water partition coefficient (Wildman–Crippen LogP) is 6.98. The summed E-state index contributed by atoms with van der Waals surface area (Å²) in [5, 5.41) is 18.6. The number of anilines is 2. The lowest BCUT2D eigenvalue weighted by Crippen LogP contribution is -2.38. The molecule has 0 saturated heterocycles. The maximum Gasteiger partial charge on any atom is 0.303 e. The summed E-state index contributed by atoms with van der Waals surface area (Å²) in [6, 6.07) is 9.81. The van der Waals surface area contributed by atoms with E-state index in [1.54, 1.807) is 0 Å². The second-order valence-electron chi connectivity index (χ2n) is 16.7. The van der Waals surface area contributed by atoms with Crippen LogP contribution in [0.15, 0.2) is 36.5 Å². The van der Waals surface area contributed by atoms with E-state index >= 15 is 0 Å². The third-order valence-corrected chi connectivity index (χ3v) is 13.9. The molecule has 56 heavy (non-hydrogen) atoms. The summed E-state index contributed by atoms with van der Waals surface area (Å²) in [4.78, 5) is 50.6. The average molecular weight is 794 g/mol. The molecular weight excluding hydrogens is 743 g/mol. The van der Waals surface area contributed by atoms with E-state index in [1.807, 2.05) is 30.5 Å². The van der Waals surface area contributed by atoms with E-state index < -0.39 is 5.97 Å². The molecule has 8 rings (SSSR count). The minimum atomic E-state index is -0.858. The van der Waals surface area contributed by atoms with E-state index in [-0.39, 0.29) is 23.7 Å². The van der Waals surface area contributed by atoms with Gasteiger partial charge >= 0.3 is 5.97 Å². The van der Waals surface area contributed by atoms with Gasteiger partial charge in [-0.3, -0.25) is 29.1 Å². The number of carboxylic acid groups (broad SMARTS) is 1. The molecule has 2 amide bonds. The van der Waals surface area contributed by atoms with Gasteiger partial charge in [0, 0.05) is 54.2 Å². The number of amides is 2. The Bertz CT molecular complexity index is 2230. The zero-order valence-electron chi connectivity index (χ0n) is 32.5. The van der Waals surface area contributed by atoms with E-state index in [9.17, 15) is 14.4 Å². The second-order valence-corrected chi connectivity index (χ2v) is 18.7. The Morgan fingerprint density at radius 2 is 1.82 bits per heavy atom. The molecular formula is C43H51N7O4S2. The highest BCUT2D eigenvalue weighted by molar-refractivity contribution is 7.97. The van der Waals surface area contributed by atoms with Gasteiger partial charge in [0.15, 0.2) is 5.13 Å². The zero-order valence-corrected chi connectivity index (χ0v) is 34.1. The van der Waals surface area contributed by atoms with Crippen LogP contribution in [0.5, 0.6) is 0 Å². The molecule has 0 radical (unpaired) electrons. The number of nitrogens with zero attached hydrogens (tertiary/aromatic N) is 5. The fraction of sp³-hybridized carbons (Fsp3) is 0.488. The monoisotopic (exact) mass is 793 g/mol. The number of carbonyl (C=O) groups excluding carboxylic acids is 2. The first kappa shape index (κ1) is 38.4. The molecule has 4 aliphatic rings. The summed E-state index contributed by atoms with van der Waals surface area (Å²) in [5.74, 6) is 2.11. The Morgan fingerprint density at radius 3 is 2.61 bits per heavy atom. The van der Waals surface area contributed by atoms with Crippen LogP contribution in [0.3, 0.4) is 0 Å². The Balaban J connectivity index is 1.05. The maximum atomic E-state index is 14.0. The summed E-state index contributed by atoms with van der Waals surface area (Å²) in [7, 11) is 0. The van der Waals surface area contributed by atoms with Crippen LogP contribution >= 0.6 is 23.3 Å². The molecule has 4 aromatic rings. The number of thiazole rings is 1. The van der Waals surface area contributed by atoms with Gasteiger partial charge in [-0.05, 0) is 117 Å². The van der Waals surface area contributed by atoms with Gasteiger partial charge in [0.1, 0.15) is 11.5 Å². The standard InChI is InChI=1S/C43H51N7O4S2/c1-26-18-28-20-29(19-26)22-43(3,21-28)25-50-27(2)33(23-44-50)31-13-14-37(46-39(31)41(54)48-55-17-7-12-38(51)52)49-16-15-30-8-6-9-32(34(30)24-49)40(53)47-42-45-35-10-4-5-11-36(35)56-42/h6,8-11,13-14,23,26,28-29H,4-5,7,12,15-22,24-25H2,1-3H3,(H,48,54)(H,51,52)(H,45,47,53). The third kappa shape index (κ3) is 8.30. The Kier molecular flexibility index (Phi) is 11.1. The van der Waals surface area contributed by atoms with Gasteiger partial charge in [0.2, 0.25) is 0 Å². The van der Waals surface area contributed by atoms with E-state index in [0.717, 1.165) is 75.8 Å². The van der Waals surface area contributed by atoms with Crippen LogP contribution < -0.4 is 24.8 Å². The first-order valence-corrected chi connectivity index (χ1v) is 21.8. The minimum Gasteiger partial charge on any atom is -0.481 e. The van der Waals surface area contributed by atoms with E-state index in [2.05, 4.69) is 63.6 Å². The molecule has 3 N–H and O–H groups in total. The van der Waals surface area contributed by atoms with E-state index in [1.165, 1.54) is 55.4 Å². The lowest BCUT2D eigenvalue weighted by molar-refractivity contribution is -0.137. The van der Waals surface area contributed by atoms with Crippen LogP contribution in [0.1, 0.15) is 109 Å². The van der Waals surface area contributed by atoms with E-state index in [0.29, 0.717) is 53.0 Å². The summed E-state index contributed by atoms with van der Waals surface area (Å²) < 4.78 is 6.15. The second kappa shape index (κ2) is 16.2. The molecule has 11 nitrogen and oxygen atoms in total. The molecule has 4 heterocycles. The number of nitrogens with one attached hydrogen (secondary N) is 2. The number of fused-ring (bicyclic) bond motifs is 4. The number of aliphatic carboxylic acids is 1. The normalized spacial score (nSPS) is 22.6. The quantitative estimate of drug-likeness (QED) is 0.102. The number of hydrogen-bond acceptors (Lipinski definition) is 9. The topological polar surface area (TPSA) is 142 Å². The number of hydrogen-bond donors (Lipinski definition) is 3. The van der Waals surface area contributed by atoms with Crippen molar-refractivity contribution >= 4 is 64.2 Å². The molecule has 1 aromatic carbocycles. The number of carboxylic acids is 1. The van der Waals surface area contributed by atoms with Crippen molar-refractivity contribution in [1.82, 2.24) is 24.5 Å². The van der Waals surface area contributed by atoms with Gasteiger partial charge in [-0.2, -0.15) is 5.10 Å². The van der Waals surface area contributed by atoms with Crippen molar-refractivity contribution in [2.24, 2.45) is 23.2 Å². The van der Waals surface area contributed by atoms with Crippen LogP contribution in [0.2, 0.25) is 0 Å². The van der Waals surface area contributed by atoms with Gasteiger partial charge < -0.3 is 10.0 Å². The van der Waals surface area contributed by atoms with Gasteiger partial charge in [0.05, 0.1) is 16.1 Å². The number of rotatable bonds is 12. The SMILES string of the molecule is Cc1c(-c2ccc(N3CCc4cccc(C(=O)Nc5nc6c(s5)=CCCC=6)c4C3)nc2C(=O)NSCCCC(=O)O)cnn1CC1(C)CC2CC(C)CC(C2)C1. The highest BCUT2D eigenvalue weighted by Crippen LogP contribution is 2.51. The van der Waals surface area contributed by atoms with E-state index in [4.69, 9.17) is 15.2 Å². The van der Waals surface area contributed by atoms with Crippen LogP contribution in [0.25, 0.3) is 23.3 Å². The Labute approximate surface area is 336 Å². The van der Waals surface area contributed by atoms with Gasteiger partial charge in [-0.25, -0.2) is 9.97 Å². The lowest BCUT2D eigenvalue weighted by Gasteiger charge is -2.47. The molecule has 13 heteroatoms. The summed E-state index contributed by atoms with van der Waals surface area (Å²) in [6.07, 6.45) is 15.7. The highest BCUT2D eigenvalue weighted by Gasteiger charge is 2.41. The average Bonchev–Trinajstić information content (AvgIpc) is 3.74.